The van der Waals surface area contributed by atoms with Crippen molar-refractivity contribution in [1.29, 1.82) is 5.26 Å². The molecule has 3 heterocycles. The summed E-state index contributed by atoms with van der Waals surface area (Å²) in [6, 6.07) is 15.3. The first kappa shape index (κ1) is 25.2. The average molecular weight is 497 g/mol. The number of rotatable bonds is 6. The van der Waals surface area contributed by atoms with Crippen LogP contribution in [0.1, 0.15) is 43.1 Å². The number of nitrogens with zero attached hydrogens (tertiary/aromatic N) is 7. The molecule has 11 heteroatoms. The third kappa shape index (κ3) is 5.34. The van der Waals surface area contributed by atoms with Crippen molar-refractivity contribution in [2.24, 2.45) is 0 Å². The molecule has 0 saturated heterocycles. The van der Waals surface area contributed by atoms with Crippen LogP contribution in [0.25, 0.3) is 22.6 Å². The molecule has 0 radical (unpaired) electrons. The fraction of sp³-hybridized carbons (Fsp3) is 0.269. The van der Waals surface area contributed by atoms with Crippen LogP contribution in [0.15, 0.2) is 48.7 Å². The van der Waals surface area contributed by atoms with E-state index in [9.17, 15) is 5.26 Å². The molecule has 0 bridgehead atoms. The highest BCUT2D eigenvalue weighted by atomic mass is 16.5. The first-order chi connectivity index (χ1) is 17.9. The van der Waals surface area contributed by atoms with Crippen molar-refractivity contribution in [1.82, 2.24) is 29.9 Å². The van der Waals surface area contributed by atoms with Gasteiger partial charge in [0.05, 0.1) is 42.5 Å². The minimum Gasteiger partial charge on any atom is -0.495 e. The molecule has 11 nitrogen and oxygen atoms in total. The van der Waals surface area contributed by atoms with Crippen molar-refractivity contribution < 1.29 is 14.3 Å². The maximum atomic E-state index is 9.40. The highest BCUT2D eigenvalue weighted by molar-refractivity contribution is 5.74. The number of benzene rings is 1. The van der Waals surface area contributed by atoms with Gasteiger partial charge in [-0.05, 0) is 43.2 Å². The third-order valence-corrected chi connectivity index (χ3v) is 6.37. The summed E-state index contributed by atoms with van der Waals surface area (Å²) in [7, 11) is 1.52. The zero-order valence-electron chi connectivity index (χ0n) is 20.4. The third-order valence-electron chi connectivity index (χ3n) is 6.37. The van der Waals surface area contributed by atoms with Gasteiger partial charge in [0.25, 0.3) is 0 Å². The van der Waals surface area contributed by atoms with Gasteiger partial charge in [-0.3, -0.25) is 4.98 Å². The Hall–Kier alpha value is -4.94. The summed E-state index contributed by atoms with van der Waals surface area (Å²) in [6.45, 7) is 2.77. The number of carbonyl (C=O) groups excluding carboxylic acids is 2. The highest BCUT2D eigenvalue weighted by Gasteiger charge is 2.34. The Labute approximate surface area is 213 Å². The molecule has 1 aliphatic rings. The molecule has 3 aromatic heterocycles. The summed E-state index contributed by atoms with van der Waals surface area (Å²) in [6.07, 6.45) is 5.67. The smallest absolute Gasteiger partial charge is 0.373 e. The van der Waals surface area contributed by atoms with E-state index in [4.69, 9.17) is 25.0 Å². The number of nitriles is 1. The standard InChI is InChI=1S/C25H24N8O.CO2/c1-25(10-5-11-25)22-9-4-7-17(28-22)14-33-15-21(31-32-33)20-12-19(29-24(27)30-20)18-8-3-6-16(13-26)23(18)34-2;2-1-3/h3-4,6-9,12,15H,5,10-11,14H2,1-2H3,(H2,27,29,30);. The van der Waals surface area contributed by atoms with Gasteiger partial charge in [-0.1, -0.05) is 30.7 Å². The van der Waals surface area contributed by atoms with Crippen molar-refractivity contribution in [2.45, 2.75) is 38.1 Å². The largest absolute Gasteiger partial charge is 0.495 e. The number of hydrogen-bond donors (Lipinski definition) is 1. The van der Waals surface area contributed by atoms with Crippen LogP contribution in [-0.2, 0) is 21.5 Å². The van der Waals surface area contributed by atoms with E-state index in [1.54, 1.807) is 22.9 Å². The Morgan fingerprint density at radius 2 is 1.81 bits per heavy atom. The summed E-state index contributed by atoms with van der Waals surface area (Å²) in [5, 5.41) is 18.0. The molecule has 4 aromatic rings. The van der Waals surface area contributed by atoms with Crippen molar-refractivity contribution in [2.75, 3.05) is 12.8 Å². The molecule has 1 aliphatic carbocycles. The molecule has 0 spiro atoms. The number of nitrogens with two attached hydrogens (primary N) is 1. The SMILES string of the molecule is COc1c(C#N)cccc1-c1cc(-c2cn(Cc3cccc(C4(C)CCC4)n3)nn2)nc(N)n1.O=C=O. The molecule has 1 saturated carbocycles. The fourth-order valence-electron chi connectivity index (χ4n) is 4.31. The van der Waals surface area contributed by atoms with E-state index in [0.29, 0.717) is 40.5 Å². The number of aromatic nitrogens is 6. The van der Waals surface area contributed by atoms with Gasteiger partial charge in [-0.2, -0.15) is 14.9 Å². The average Bonchev–Trinajstić information content (AvgIpc) is 3.35. The lowest BCUT2D eigenvalue weighted by molar-refractivity contribution is -0.191. The Kier molecular flexibility index (Phi) is 7.32. The second kappa shape index (κ2) is 10.8. The van der Waals surface area contributed by atoms with Crippen LogP contribution >= 0.6 is 0 Å². The van der Waals surface area contributed by atoms with Gasteiger partial charge in [-0.25, -0.2) is 14.6 Å². The molecule has 0 aliphatic heterocycles. The zero-order chi connectivity index (χ0) is 26.4. The lowest BCUT2D eigenvalue weighted by Crippen LogP contribution is -2.31. The molecule has 186 valence electrons. The van der Waals surface area contributed by atoms with Crippen LogP contribution in [0.2, 0.25) is 0 Å². The summed E-state index contributed by atoms with van der Waals surface area (Å²) in [5.74, 6) is 0.526. The van der Waals surface area contributed by atoms with Crippen molar-refractivity contribution in [3.8, 4) is 34.5 Å². The van der Waals surface area contributed by atoms with Gasteiger partial charge in [0.15, 0.2) is 0 Å². The highest BCUT2D eigenvalue weighted by Crippen LogP contribution is 2.42. The summed E-state index contributed by atoms with van der Waals surface area (Å²) in [4.78, 5) is 29.8. The van der Waals surface area contributed by atoms with Gasteiger partial charge in [-0.15, -0.1) is 5.10 Å². The number of nitrogen functional groups attached to an aromatic ring is 1. The number of ether oxygens (including phenoxy) is 1. The minimum absolute atomic E-state index is 0.0922. The van der Waals surface area contributed by atoms with Crippen LogP contribution in [0.3, 0.4) is 0 Å². The number of para-hydroxylation sites is 1. The number of methoxy groups -OCH3 is 1. The van der Waals surface area contributed by atoms with E-state index in [2.05, 4.69) is 45.4 Å². The van der Waals surface area contributed by atoms with Gasteiger partial charge in [0, 0.05) is 16.7 Å². The lowest BCUT2D eigenvalue weighted by atomic mass is 9.68. The quantitative estimate of drug-likeness (QED) is 0.419. The van der Waals surface area contributed by atoms with Crippen molar-refractivity contribution in [3.05, 3.63) is 65.6 Å². The zero-order valence-corrected chi connectivity index (χ0v) is 20.4. The number of anilines is 1. The van der Waals surface area contributed by atoms with Gasteiger partial charge < -0.3 is 10.5 Å². The van der Waals surface area contributed by atoms with Crippen LogP contribution in [0.4, 0.5) is 5.95 Å². The topological polar surface area (TPSA) is 163 Å². The van der Waals surface area contributed by atoms with Crippen LogP contribution in [0, 0.1) is 11.3 Å². The molecule has 2 N–H and O–H groups in total. The van der Waals surface area contributed by atoms with Crippen molar-refractivity contribution in [3.63, 3.8) is 0 Å². The summed E-state index contributed by atoms with van der Waals surface area (Å²) >= 11 is 0. The Morgan fingerprint density at radius 3 is 2.49 bits per heavy atom. The Morgan fingerprint density at radius 1 is 1.08 bits per heavy atom. The molecular weight excluding hydrogens is 472 g/mol. The van der Waals surface area contributed by atoms with Crippen molar-refractivity contribution >= 4 is 12.1 Å². The normalized spacial score (nSPS) is 13.3. The Bertz CT molecular complexity index is 1500. The van der Waals surface area contributed by atoms with Gasteiger partial charge in [0.2, 0.25) is 5.95 Å². The van der Waals surface area contributed by atoms with E-state index in [1.807, 2.05) is 18.3 Å². The van der Waals surface area contributed by atoms with E-state index >= 15 is 0 Å². The lowest BCUT2D eigenvalue weighted by Gasteiger charge is -2.37. The van der Waals surface area contributed by atoms with Crippen LogP contribution < -0.4 is 10.5 Å². The second-order valence-corrected chi connectivity index (χ2v) is 8.81. The maximum absolute atomic E-state index is 9.40. The van der Waals surface area contributed by atoms with Gasteiger partial charge in [0.1, 0.15) is 17.5 Å². The molecular formula is C26H24N8O3. The summed E-state index contributed by atoms with van der Waals surface area (Å²) < 4.78 is 7.20. The van der Waals surface area contributed by atoms with Crippen LogP contribution in [-0.4, -0.2) is 43.2 Å². The molecule has 0 unspecified atom stereocenters. The molecule has 5 rings (SSSR count). The monoisotopic (exact) mass is 496 g/mol. The van der Waals surface area contributed by atoms with E-state index in [1.165, 1.54) is 26.4 Å². The Balaban J connectivity index is 0.00000102. The fourth-order valence-corrected chi connectivity index (χ4v) is 4.31. The van der Waals surface area contributed by atoms with E-state index in [0.717, 1.165) is 11.4 Å². The molecule has 0 atom stereocenters. The van der Waals surface area contributed by atoms with Crippen LogP contribution in [0.5, 0.6) is 5.75 Å². The molecule has 0 amide bonds. The first-order valence-corrected chi connectivity index (χ1v) is 11.5. The molecule has 1 fully saturated rings. The molecule has 37 heavy (non-hydrogen) atoms. The summed E-state index contributed by atoms with van der Waals surface area (Å²) in [5.41, 5.74) is 11.0. The second-order valence-electron chi connectivity index (χ2n) is 8.81. The maximum Gasteiger partial charge on any atom is 0.373 e. The predicted octanol–water partition coefficient (Wildman–Crippen LogP) is 3.17. The van der Waals surface area contributed by atoms with Gasteiger partial charge >= 0.3 is 6.15 Å². The predicted molar refractivity (Wildman–Crippen MR) is 132 cm³/mol. The molecule has 1 aromatic carbocycles. The first-order valence-electron chi connectivity index (χ1n) is 11.5. The van der Waals surface area contributed by atoms with E-state index in [-0.39, 0.29) is 17.5 Å². The number of hydrogen-bond acceptors (Lipinski definition) is 10. The van der Waals surface area contributed by atoms with E-state index < -0.39 is 0 Å². The minimum atomic E-state index is 0.0922. The number of pyridine rings is 1.